The smallest absolute Gasteiger partial charge is 0.337 e. The number of nitrogens with one attached hydrogen (secondary N) is 2. The Morgan fingerprint density at radius 1 is 1.55 bits per heavy atom. The van der Waals surface area contributed by atoms with E-state index in [0.29, 0.717) is 23.0 Å². The standard InChI is InChI=1S/C13H15BrN2O3S/c1-18-12(17)8-2-3-10(14)11(6-8)16-13(20)15-9-4-5-19-7-9/h2-3,6,9H,4-5,7H2,1H3,(H2,15,16,20). The lowest BCUT2D eigenvalue weighted by Gasteiger charge is -2.16. The van der Waals surface area contributed by atoms with Gasteiger partial charge in [0.25, 0.3) is 0 Å². The molecule has 0 bridgehead atoms. The molecule has 1 aromatic rings. The maximum atomic E-state index is 11.5. The van der Waals surface area contributed by atoms with E-state index in [1.54, 1.807) is 18.2 Å². The van der Waals surface area contributed by atoms with E-state index in [2.05, 4.69) is 26.6 Å². The van der Waals surface area contributed by atoms with E-state index < -0.39 is 0 Å². The van der Waals surface area contributed by atoms with Crippen molar-refractivity contribution in [2.45, 2.75) is 12.5 Å². The molecule has 0 radical (unpaired) electrons. The SMILES string of the molecule is COC(=O)c1ccc(Br)c(NC(=S)NC2CCOC2)c1. The first-order valence-electron chi connectivity index (χ1n) is 6.13. The third-order valence-corrected chi connectivity index (χ3v) is 3.81. The Hall–Kier alpha value is -1.18. The summed E-state index contributed by atoms with van der Waals surface area (Å²) in [6.07, 6.45) is 0.936. The van der Waals surface area contributed by atoms with Crippen LogP contribution in [-0.2, 0) is 9.47 Å². The molecule has 1 saturated heterocycles. The monoisotopic (exact) mass is 358 g/mol. The van der Waals surface area contributed by atoms with Crippen LogP contribution in [0.25, 0.3) is 0 Å². The van der Waals surface area contributed by atoms with Crippen molar-refractivity contribution >= 4 is 44.9 Å². The van der Waals surface area contributed by atoms with Gasteiger partial charge >= 0.3 is 5.97 Å². The van der Waals surface area contributed by atoms with Crippen LogP contribution < -0.4 is 10.6 Å². The molecule has 1 unspecified atom stereocenters. The molecule has 1 aliphatic heterocycles. The van der Waals surface area contributed by atoms with Gasteiger partial charge in [-0.25, -0.2) is 4.79 Å². The zero-order valence-electron chi connectivity index (χ0n) is 10.9. The largest absolute Gasteiger partial charge is 0.465 e. The molecule has 5 nitrogen and oxygen atoms in total. The fraction of sp³-hybridized carbons (Fsp3) is 0.385. The Morgan fingerprint density at radius 2 is 2.35 bits per heavy atom. The Bertz CT molecular complexity index is 518. The predicted molar refractivity (Wildman–Crippen MR) is 84.1 cm³/mol. The maximum absolute atomic E-state index is 11.5. The second-order valence-corrected chi connectivity index (χ2v) is 5.61. The number of hydrogen-bond acceptors (Lipinski definition) is 4. The fourth-order valence-corrected chi connectivity index (χ4v) is 2.48. The Labute approximate surface area is 131 Å². The van der Waals surface area contributed by atoms with Gasteiger partial charge in [-0.2, -0.15) is 0 Å². The van der Waals surface area contributed by atoms with Crippen LogP contribution in [0.15, 0.2) is 22.7 Å². The van der Waals surface area contributed by atoms with Crippen LogP contribution in [-0.4, -0.2) is 37.4 Å². The summed E-state index contributed by atoms with van der Waals surface area (Å²) in [5.74, 6) is -0.386. The van der Waals surface area contributed by atoms with Crippen molar-refractivity contribution in [1.82, 2.24) is 5.32 Å². The molecule has 0 aliphatic carbocycles. The normalized spacial score (nSPS) is 17.6. The van der Waals surface area contributed by atoms with Gasteiger partial charge in [-0.1, -0.05) is 0 Å². The summed E-state index contributed by atoms with van der Waals surface area (Å²) < 4.78 is 10.8. The van der Waals surface area contributed by atoms with Gasteiger partial charge < -0.3 is 20.1 Å². The van der Waals surface area contributed by atoms with E-state index in [9.17, 15) is 4.79 Å². The van der Waals surface area contributed by atoms with Crippen molar-refractivity contribution in [1.29, 1.82) is 0 Å². The van der Waals surface area contributed by atoms with Gasteiger partial charge in [-0.15, -0.1) is 0 Å². The number of thiocarbonyl (C=S) groups is 1. The highest BCUT2D eigenvalue weighted by Gasteiger charge is 2.17. The zero-order chi connectivity index (χ0) is 14.5. The lowest BCUT2D eigenvalue weighted by molar-refractivity contribution is 0.0601. The van der Waals surface area contributed by atoms with Crippen LogP contribution in [0, 0.1) is 0 Å². The first-order valence-corrected chi connectivity index (χ1v) is 7.33. The average molecular weight is 359 g/mol. The molecule has 0 spiro atoms. The van der Waals surface area contributed by atoms with Crippen molar-refractivity contribution in [3.8, 4) is 0 Å². The van der Waals surface area contributed by atoms with Crippen LogP contribution in [0.2, 0.25) is 0 Å². The van der Waals surface area contributed by atoms with Gasteiger partial charge in [-0.3, -0.25) is 0 Å². The molecule has 1 aliphatic rings. The first kappa shape index (κ1) is 15.2. The number of benzene rings is 1. The van der Waals surface area contributed by atoms with Gasteiger partial charge in [-0.05, 0) is 52.8 Å². The highest BCUT2D eigenvalue weighted by molar-refractivity contribution is 9.10. The Balaban J connectivity index is 2.03. The molecule has 2 N–H and O–H groups in total. The van der Waals surface area contributed by atoms with Gasteiger partial charge in [0, 0.05) is 11.1 Å². The van der Waals surface area contributed by atoms with Crippen LogP contribution in [0.5, 0.6) is 0 Å². The predicted octanol–water partition coefficient (Wildman–Crippen LogP) is 2.31. The van der Waals surface area contributed by atoms with E-state index in [-0.39, 0.29) is 12.0 Å². The van der Waals surface area contributed by atoms with E-state index in [4.69, 9.17) is 21.7 Å². The van der Waals surface area contributed by atoms with Gasteiger partial charge in [0.05, 0.1) is 31.0 Å². The number of esters is 1. The topological polar surface area (TPSA) is 59.6 Å². The first-order chi connectivity index (χ1) is 9.60. The Morgan fingerprint density at radius 3 is 3.00 bits per heavy atom. The highest BCUT2D eigenvalue weighted by Crippen LogP contribution is 2.24. The molecule has 2 rings (SSSR count). The molecule has 1 atom stereocenters. The molecule has 0 aromatic heterocycles. The lowest BCUT2D eigenvalue weighted by Crippen LogP contribution is -2.38. The molecule has 20 heavy (non-hydrogen) atoms. The summed E-state index contributed by atoms with van der Waals surface area (Å²) in [6, 6.07) is 5.38. The van der Waals surface area contributed by atoms with Crippen LogP contribution in [0.3, 0.4) is 0 Å². The molecule has 7 heteroatoms. The number of carbonyl (C=O) groups is 1. The van der Waals surface area contributed by atoms with Crippen molar-refractivity contribution in [2.24, 2.45) is 0 Å². The number of rotatable bonds is 3. The minimum absolute atomic E-state index is 0.234. The van der Waals surface area contributed by atoms with Crippen molar-refractivity contribution in [3.05, 3.63) is 28.2 Å². The number of anilines is 1. The highest BCUT2D eigenvalue weighted by atomic mass is 79.9. The van der Waals surface area contributed by atoms with E-state index in [1.807, 2.05) is 0 Å². The lowest BCUT2D eigenvalue weighted by atomic mass is 10.2. The van der Waals surface area contributed by atoms with Crippen LogP contribution in [0.4, 0.5) is 5.69 Å². The summed E-state index contributed by atoms with van der Waals surface area (Å²) in [6.45, 7) is 1.41. The Kier molecular flexibility index (Phi) is 5.33. The summed E-state index contributed by atoms with van der Waals surface area (Å²) in [4.78, 5) is 11.5. The summed E-state index contributed by atoms with van der Waals surface area (Å²) in [5, 5.41) is 6.75. The summed E-state index contributed by atoms with van der Waals surface area (Å²) >= 11 is 8.67. The molecule has 1 aromatic carbocycles. The van der Waals surface area contributed by atoms with E-state index in [1.165, 1.54) is 7.11 Å². The molecule has 1 heterocycles. The molecule has 1 fully saturated rings. The van der Waals surface area contributed by atoms with E-state index in [0.717, 1.165) is 17.5 Å². The van der Waals surface area contributed by atoms with Crippen molar-refractivity contribution in [2.75, 3.05) is 25.6 Å². The fourth-order valence-electron chi connectivity index (χ4n) is 1.86. The summed E-state index contributed by atoms with van der Waals surface area (Å²) in [5.41, 5.74) is 1.18. The molecular weight excluding hydrogens is 344 g/mol. The number of methoxy groups -OCH3 is 1. The second kappa shape index (κ2) is 7.01. The quantitative estimate of drug-likeness (QED) is 0.638. The molecule has 0 amide bonds. The number of halogens is 1. The average Bonchev–Trinajstić information content (AvgIpc) is 2.93. The minimum Gasteiger partial charge on any atom is -0.465 e. The molecule has 0 saturated carbocycles. The van der Waals surface area contributed by atoms with Gasteiger partial charge in [0.15, 0.2) is 5.11 Å². The zero-order valence-corrected chi connectivity index (χ0v) is 13.3. The third-order valence-electron chi connectivity index (χ3n) is 2.90. The number of ether oxygens (including phenoxy) is 2. The molecular formula is C13H15BrN2O3S. The molecule has 108 valence electrons. The van der Waals surface area contributed by atoms with E-state index >= 15 is 0 Å². The van der Waals surface area contributed by atoms with Crippen molar-refractivity contribution in [3.63, 3.8) is 0 Å². The van der Waals surface area contributed by atoms with Crippen molar-refractivity contribution < 1.29 is 14.3 Å². The second-order valence-electron chi connectivity index (χ2n) is 4.35. The number of carbonyl (C=O) groups excluding carboxylic acids is 1. The van der Waals surface area contributed by atoms with Crippen LogP contribution >= 0.6 is 28.1 Å². The van der Waals surface area contributed by atoms with Crippen LogP contribution in [0.1, 0.15) is 16.8 Å². The third kappa shape index (κ3) is 3.91. The van der Waals surface area contributed by atoms with Gasteiger partial charge in [0.1, 0.15) is 0 Å². The maximum Gasteiger partial charge on any atom is 0.337 e. The number of hydrogen-bond donors (Lipinski definition) is 2. The summed E-state index contributed by atoms with van der Waals surface area (Å²) in [7, 11) is 1.35. The van der Waals surface area contributed by atoms with Gasteiger partial charge in [0.2, 0.25) is 0 Å². The minimum atomic E-state index is -0.386.